The van der Waals surface area contributed by atoms with Gasteiger partial charge in [-0.1, -0.05) is 81.4 Å². The highest BCUT2D eigenvalue weighted by atomic mass is 28.4. The van der Waals surface area contributed by atoms with Crippen molar-refractivity contribution < 1.29 is 19.4 Å². The second-order valence-corrected chi connectivity index (χ2v) is 15.3. The molecule has 1 aliphatic carbocycles. The summed E-state index contributed by atoms with van der Waals surface area (Å²) in [6.45, 7) is 7.18. The molecule has 1 saturated carbocycles. The Balaban J connectivity index is 1.51. The van der Waals surface area contributed by atoms with E-state index in [1.807, 2.05) is 12.3 Å². The van der Waals surface area contributed by atoms with E-state index in [1.165, 1.54) is 10.4 Å². The molecule has 0 bridgehead atoms. The van der Waals surface area contributed by atoms with Gasteiger partial charge in [-0.15, -0.1) is 0 Å². The van der Waals surface area contributed by atoms with Crippen LogP contribution >= 0.6 is 0 Å². The molecule has 198 valence electrons. The fraction of sp³-hybridized carbons (Fsp3) is 0.467. The van der Waals surface area contributed by atoms with Crippen molar-refractivity contribution in [2.24, 2.45) is 0 Å². The van der Waals surface area contributed by atoms with Gasteiger partial charge in [0.2, 0.25) is 0 Å². The van der Waals surface area contributed by atoms with Gasteiger partial charge in [-0.2, -0.15) is 0 Å². The van der Waals surface area contributed by atoms with Crippen molar-refractivity contribution in [2.75, 3.05) is 13.2 Å². The standard InChI is InChI=1S/C30H40N2O4Si/c1-30(2,3)37(27-10-6-4-7-11-27,28-12-8-5-9-13-28)36-21-24-18-19-31-29(32-24)23-14-16-26(17-15-23)35-22-25(34)20-33/h4-13,18-19,23,25-26,33-34H,14-17,20-22H2,1-3H3/t23-,25?,26-. The molecule has 1 heterocycles. The topological polar surface area (TPSA) is 84.7 Å². The van der Waals surface area contributed by atoms with Crippen molar-refractivity contribution in [2.45, 2.75) is 76.2 Å². The minimum atomic E-state index is -2.64. The quantitative estimate of drug-likeness (QED) is 0.394. The number of rotatable bonds is 10. The Labute approximate surface area is 221 Å². The zero-order valence-electron chi connectivity index (χ0n) is 22.2. The molecule has 0 saturated heterocycles. The van der Waals surface area contributed by atoms with Crippen molar-refractivity contribution >= 4 is 18.7 Å². The van der Waals surface area contributed by atoms with Gasteiger partial charge in [0.25, 0.3) is 8.32 Å². The lowest BCUT2D eigenvalue weighted by Crippen LogP contribution is -2.66. The summed E-state index contributed by atoms with van der Waals surface area (Å²) in [6, 6.07) is 23.3. The number of benzene rings is 2. The maximum atomic E-state index is 9.55. The van der Waals surface area contributed by atoms with Gasteiger partial charge >= 0.3 is 0 Å². The van der Waals surface area contributed by atoms with Gasteiger partial charge < -0.3 is 19.4 Å². The first-order valence-corrected chi connectivity index (χ1v) is 15.2. The van der Waals surface area contributed by atoms with Crippen molar-refractivity contribution in [3.8, 4) is 0 Å². The van der Waals surface area contributed by atoms with Crippen LogP contribution in [-0.2, 0) is 15.8 Å². The summed E-state index contributed by atoms with van der Waals surface area (Å²) >= 11 is 0. The van der Waals surface area contributed by atoms with Crippen LogP contribution in [0, 0.1) is 0 Å². The van der Waals surface area contributed by atoms with Gasteiger partial charge in [0.05, 0.1) is 31.6 Å². The molecule has 7 heteroatoms. The normalized spacial score (nSPS) is 19.5. The largest absolute Gasteiger partial charge is 0.401 e. The maximum absolute atomic E-state index is 9.55. The predicted molar refractivity (Wildman–Crippen MR) is 148 cm³/mol. The van der Waals surface area contributed by atoms with Gasteiger partial charge in [0.1, 0.15) is 11.9 Å². The van der Waals surface area contributed by atoms with Crippen LogP contribution in [0.15, 0.2) is 72.9 Å². The molecule has 0 amide bonds. The van der Waals surface area contributed by atoms with Gasteiger partial charge in [-0.05, 0) is 47.2 Å². The average Bonchev–Trinajstić information content (AvgIpc) is 2.93. The highest BCUT2D eigenvalue weighted by Gasteiger charge is 2.50. The van der Waals surface area contributed by atoms with E-state index in [0.29, 0.717) is 6.61 Å². The predicted octanol–water partition coefficient (Wildman–Crippen LogP) is 3.95. The zero-order valence-corrected chi connectivity index (χ0v) is 23.2. The van der Waals surface area contributed by atoms with Gasteiger partial charge in [-0.3, -0.25) is 0 Å². The molecule has 3 aromatic rings. The number of aromatic nitrogens is 2. The molecule has 0 aliphatic heterocycles. The van der Waals surface area contributed by atoms with E-state index < -0.39 is 14.4 Å². The highest BCUT2D eigenvalue weighted by molar-refractivity contribution is 6.99. The SMILES string of the molecule is CC(C)(C)[Si](OCc1ccnc([C@H]2CC[C@H](OCC(O)CO)CC2)n1)(c1ccccc1)c1ccccc1. The summed E-state index contributed by atoms with van der Waals surface area (Å²) in [6.07, 6.45) is 4.83. The van der Waals surface area contributed by atoms with E-state index >= 15 is 0 Å². The molecule has 1 aromatic heterocycles. The number of aliphatic hydroxyl groups excluding tert-OH is 2. The number of ether oxygens (including phenoxy) is 1. The summed E-state index contributed by atoms with van der Waals surface area (Å²) in [7, 11) is -2.64. The summed E-state index contributed by atoms with van der Waals surface area (Å²) in [5, 5.41) is 21.0. The van der Waals surface area contributed by atoms with E-state index in [2.05, 4.69) is 86.4 Å². The van der Waals surface area contributed by atoms with Crippen LogP contribution < -0.4 is 10.4 Å². The minimum Gasteiger partial charge on any atom is -0.401 e. The molecule has 0 radical (unpaired) electrons. The van der Waals surface area contributed by atoms with Crippen LogP contribution in [0.5, 0.6) is 0 Å². The van der Waals surface area contributed by atoms with E-state index in [1.54, 1.807) is 0 Å². The zero-order chi connectivity index (χ0) is 26.3. The van der Waals surface area contributed by atoms with E-state index in [0.717, 1.165) is 37.2 Å². The third-order valence-electron chi connectivity index (χ3n) is 7.36. The first-order chi connectivity index (χ1) is 17.8. The van der Waals surface area contributed by atoms with Gasteiger partial charge in [-0.25, -0.2) is 9.97 Å². The van der Waals surface area contributed by atoms with Crippen LogP contribution in [0.1, 0.15) is 63.9 Å². The second kappa shape index (κ2) is 12.4. The number of aliphatic hydroxyl groups is 2. The lowest BCUT2D eigenvalue weighted by Gasteiger charge is -2.43. The summed E-state index contributed by atoms with van der Waals surface area (Å²) < 4.78 is 12.8. The molecule has 0 spiro atoms. The molecule has 1 atom stereocenters. The molecule has 2 aromatic carbocycles. The Kier molecular flexibility index (Phi) is 9.26. The highest BCUT2D eigenvalue weighted by Crippen LogP contribution is 2.37. The molecule has 1 unspecified atom stereocenters. The van der Waals surface area contributed by atoms with Crippen molar-refractivity contribution in [1.29, 1.82) is 0 Å². The first kappa shape index (κ1) is 27.6. The van der Waals surface area contributed by atoms with Crippen LogP contribution in [0.3, 0.4) is 0 Å². The number of nitrogens with zero attached hydrogens (tertiary/aromatic N) is 2. The smallest absolute Gasteiger partial charge is 0.261 e. The fourth-order valence-corrected chi connectivity index (χ4v) is 9.94. The Morgan fingerprint density at radius 1 is 0.919 bits per heavy atom. The third kappa shape index (κ3) is 6.53. The van der Waals surface area contributed by atoms with E-state index in [4.69, 9.17) is 19.3 Å². The van der Waals surface area contributed by atoms with Crippen LogP contribution in [0.2, 0.25) is 5.04 Å². The number of hydrogen-bond acceptors (Lipinski definition) is 6. The summed E-state index contributed by atoms with van der Waals surface area (Å²) in [4.78, 5) is 9.57. The van der Waals surface area contributed by atoms with Crippen molar-refractivity contribution in [1.82, 2.24) is 9.97 Å². The molecular weight excluding hydrogens is 480 g/mol. The fourth-order valence-electron chi connectivity index (χ4n) is 5.42. The summed E-state index contributed by atoms with van der Waals surface area (Å²) in [5.41, 5.74) is 0.905. The lowest BCUT2D eigenvalue weighted by atomic mass is 9.86. The molecule has 1 aliphatic rings. The first-order valence-electron chi connectivity index (χ1n) is 13.3. The van der Waals surface area contributed by atoms with Crippen molar-refractivity contribution in [3.05, 3.63) is 84.4 Å². The Morgan fingerprint density at radius 3 is 2.05 bits per heavy atom. The van der Waals surface area contributed by atoms with Crippen LogP contribution in [0.25, 0.3) is 0 Å². The van der Waals surface area contributed by atoms with Crippen molar-refractivity contribution in [3.63, 3.8) is 0 Å². The molecule has 4 rings (SSSR count). The second-order valence-electron chi connectivity index (χ2n) is 11.0. The molecular formula is C30H40N2O4Si. The van der Waals surface area contributed by atoms with Crippen LogP contribution in [0.4, 0.5) is 0 Å². The van der Waals surface area contributed by atoms with E-state index in [-0.39, 0.29) is 30.3 Å². The van der Waals surface area contributed by atoms with Crippen LogP contribution in [-0.4, -0.2) is 53.9 Å². The Bertz CT molecular complexity index is 1060. The van der Waals surface area contributed by atoms with E-state index in [9.17, 15) is 5.11 Å². The number of hydrogen-bond donors (Lipinski definition) is 2. The Hall–Kier alpha value is -2.42. The molecule has 37 heavy (non-hydrogen) atoms. The third-order valence-corrected chi connectivity index (χ3v) is 12.3. The molecule has 2 N–H and O–H groups in total. The molecule has 6 nitrogen and oxygen atoms in total. The summed E-state index contributed by atoms with van der Waals surface area (Å²) in [5.74, 6) is 1.16. The average molecular weight is 521 g/mol. The minimum absolute atomic E-state index is 0.0897. The van der Waals surface area contributed by atoms with Gasteiger partial charge in [0.15, 0.2) is 0 Å². The lowest BCUT2D eigenvalue weighted by molar-refractivity contribution is -0.0414. The Morgan fingerprint density at radius 2 is 1.51 bits per heavy atom. The monoisotopic (exact) mass is 520 g/mol. The van der Waals surface area contributed by atoms with Gasteiger partial charge in [0, 0.05) is 12.1 Å². The maximum Gasteiger partial charge on any atom is 0.261 e. The molecule has 1 fully saturated rings.